The molecule has 0 aliphatic rings. The van der Waals surface area contributed by atoms with Gasteiger partial charge in [-0.15, -0.1) is 22.7 Å². The molecule has 7 heteroatoms. The van der Waals surface area contributed by atoms with E-state index >= 15 is 0 Å². The number of thiophene rings is 2. The van der Waals surface area contributed by atoms with Crippen LogP contribution in [0.4, 0.5) is 4.79 Å². The molecule has 0 bridgehead atoms. The molecule has 0 aromatic carbocycles. The van der Waals surface area contributed by atoms with Crippen LogP contribution in [0.2, 0.25) is 0 Å². The Morgan fingerprint density at radius 2 is 1.65 bits per heavy atom. The molecular weight excluding hydrogens is 296 g/mol. The molecule has 2 aromatic rings. The molecule has 0 aliphatic heterocycles. The smallest absolute Gasteiger partial charge is 0.323 e. The summed E-state index contributed by atoms with van der Waals surface area (Å²) >= 11 is 3.14. The molecule has 0 unspecified atom stereocenters. The summed E-state index contributed by atoms with van der Waals surface area (Å²) < 4.78 is 0. The van der Waals surface area contributed by atoms with Crippen LogP contribution >= 0.6 is 22.7 Å². The number of urea groups is 1. The first-order chi connectivity index (χ1) is 9.65. The van der Waals surface area contributed by atoms with Crippen molar-refractivity contribution in [3.63, 3.8) is 0 Å². The normalized spacial score (nSPS) is 10.2. The van der Waals surface area contributed by atoms with Gasteiger partial charge in [-0.2, -0.15) is 0 Å². The minimum absolute atomic E-state index is 0.366. The fourth-order valence-corrected chi connectivity index (χ4v) is 3.08. The maximum absolute atomic E-state index is 12.1. The Hall–Kier alpha value is -1.86. The number of nitrogens with zero attached hydrogens (tertiary/aromatic N) is 1. The first-order valence-electron chi connectivity index (χ1n) is 5.94. The van der Waals surface area contributed by atoms with Crippen molar-refractivity contribution in [2.75, 3.05) is 6.54 Å². The van der Waals surface area contributed by atoms with Crippen LogP contribution in [0.5, 0.6) is 0 Å². The Labute approximate surface area is 124 Å². The molecule has 2 N–H and O–H groups in total. The number of rotatable bonds is 6. The van der Waals surface area contributed by atoms with Gasteiger partial charge in [0, 0.05) is 9.75 Å². The molecule has 5 nitrogen and oxygen atoms in total. The van der Waals surface area contributed by atoms with E-state index < -0.39 is 5.97 Å². The van der Waals surface area contributed by atoms with Crippen LogP contribution in [0.15, 0.2) is 35.0 Å². The SMILES string of the molecule is O=C(O)CNC(=O)N(Cc1cccs1)Cc1cccs1. The molecule has 0 spiro atoms. The maximum Gasteiger partial charge on any atom is 0.323 e. The molecule has 0 atom stereocenters. The molecule has 20 heavy (non-hydrogen) atoms. The van der Waals surface area contributed by atoms with E-state index in [2.05, 4.69) is 5.32 Å². The Morgan fingerprint density at radius 3 is 2.05 bits per heavy atom. The predicted molar refractivity (Wildman–Crippen MR) is 78.9 cm³/mol. The molecule has 0 aliphatic carbocycles. The summed E-state index contributed by atoms with van der Waals surface area (Å²) in [5, 5.41) is 14.9. The third-order valence-electron chi connectivity index (χ3n) is 2.53. The number of hydrogen-bond donors (Lipinski definition) is 2. The lowest BCUT2D eigenvalue weighted by Gasteiger charge is -2.21. The molecule has 2 rings (SSSR count). The van der Waals surface area contributed by atoms with Crippen LogP contribution in [-0.4, -0.2) is 28.6 Å². The topological polar surface area (TPSA) is 69.6 Å². The van der Waals surface area contributed by atoms with Gasteiger partial charge in [-0.25, -0.2) is 4.79 Å². The Balaban J connectivity index is 2.02. The van der Waals surface area contributed by atoms with E-state index in [1.165, 1.54) is 0 Å². The van der Waals surface area contributed by atoms with E-state index in [1.54, 1.807) is 27.6 Å². The van der Waals surface area contributed by atoms with E-state index in [0.717, 1.165) is 9.75 Å². The van der Waals surface area contributed by atoms with Gasteiger partial charge in [0.15, 0.2) is 0 Å². The van der Waals surface area contributed by atoms with Gasteiger partial charge in [-0.05, 0) is 22.9 Å². The van der Waals surface area contributed by atoms with Crippen molar-refractivity contribution >= 4 is 34.7 Å². The second-order valence-electron chi connectivity index (χ2n) is 4.07. The van der Waals surface area contributed by atoms with Gasteiger partial charge in [0.05, 0.1) is 13.1 Å². The third-order valence-corrected chi connectivity index (χ3v) is 4.25. The van der Waals surface area contributed by atoms with E-state index in [0.29, 0.717) is 13.1 Å². The molecule has 0 radical (unpaired) electrons. The Morgan fingerprint density at radius 1 is 1.10 bits per heavy atom. The second-order valence-corrected chi connectivity index (χ2v) is 6.13. The summed E-state index contributed by atoms with van der Waals surface area (Å²) in [5.41, 5.74) is 0. The number of hydrogen-bond acceptors (Lipinski definition) is 4. The predicted octanol–water partition coefficient (Wildman–Crippen LogP) is 2.61. The molecule has 0 saturated heterocycles. The average molecular weight is 310 g/mol. The van der Waals surface area contributed by atoms with Crippen molar-refractivity contribution in [3.8, 4) is 0 Å². The zero-order chi connectivity index (χ0) is 14.4. The van der Waals surface area contributed by atoms with Crippen LogP contribution < -0.4 is 5.32 Å². The Bertz CT molecular complexity index is 516. The lowest BCUT2D eigenvalue weighted by atomic mass is 10.4. The van der Waals surface area contributed by atoms with Gasteiger partial charge < -0.3 is 15.3 Å². The fourth-order valence-electron chi connectivity index (χ4n) is 1.64. The van der Waals surface area contributed by atoms with Gasteiger partial charge in [-0.1, -0.05) is 12.1 Å². The van der Waals surface area contributed by atoms with E-state index in [1.807, 2.05) is 35.0 Å². The van der Waals surface area contributed by atoms with Gasteiger partial charge in [-0.3, -0.25) is 4.79 Å². The Kier molecular flexibility index (Phi) is 5.14. The molecule has 2 heterocycles. The fraction of sp³-hybridized carbons (Fsp3) is 0.231. The first kappa shape index (κ1) is 14.5. The lowest BCUT2D eigenvalue weighted by molar-refractivity contribution is -0.135. The average Bonchev–Trinajstić information content (AvgIpc) is 3.08. The van der Waals surface area contributed by atoms with Crippen molar-refractivity contribution in [2.45, 2.75) is 13.1 Å². The lowest BCUT2D eigenvalue weighted by Crippen LogP contribution is -2.41. The van der Waals surface area contributed by atoms with Crippen LogP contribution in [-0.2, 0) is 17.9 Å². The zero-order valence-corrected chi connectivity index (χ0v) is 12.2. The standard InChI is InChI=1S/C13H14N2O3S2/c16-12(17)7-14-13(18)15(8-10-3-1-5-19-10)9-11-4-2-6-20-11/h1-6H,7-9H2,(H,14,18)(H,16,17). The van der Waals surface area contributed by atoms with E-state index in [4.69, 9.17) is 5.11 Å². The number of carboxylic acids is 1. The highest BCUT2D eigenvalue weighted by Crippen LogP contribution is 2.17. The number of amides is 2. The summed E-state index contributed by atoms with van der Waals surface area (Å²) in [6, 6.07) is 7.40. The summed E-state index contributed by atoms with van der Waals surface area (Å²) in [6.07, 6.45) is 0. The van der Waals surface area contributed by atoms with Crippen molar-refractivity contribution in [2.24, 2.45) is 0 Å². The highest BCUT2D eigenvalue weighted by molar-refractivity contribution is 7.10. The molecular formula is C13H14N2O3S2. The molecule has 2 aromatic heterocycles. The van der Waals surface area contributed by atoms with Crippen molar-refractivity contribution in [1.82, 2.24) is 10.2 Å². The number of carbonyl (C=O) groups excluding carboxylic acids is 1. The van der Waals surface area contributed by atoms with Crippen molar-refractivity contribution in [1.29, 1.82) is 0 Å². The van der Waals surface area contributed by atoms with Gasteiger partial charge in [0.25, 0.3) is 0 Å². The van der Waals surface area contributed by atoms with Gasteiger partial charge in [0.1, 0.15) is 6.54 Å². The van der Waals surface area contributed by atoms with Gasteiger partial charge in [0.2, 0.25) is 0 Å². The minimum atomic E-state index is -1.05. The largest absolute Gasteiger partial charge is 0.480 e. The molecule has 0 fully saturated rings. The quantitative estimate of drug-likeness (QED) is 0.861. The number of nitrogens with one attached hydrogen (secondary N) is 1. The zero-order valence-electron chi connectivity index (χ0n) is 10.6. The highest BCUT2D eigenvalue weighted by atomic mass is 32.1. The minimum Gasteiger partial charge on any atom is -0.480 e. The summed E-state index contributed by atoms with van der Waals surface area (Å²) in [7, 11) is 0. The maximum atomic E-state index is 12.1. The number of aliphatic carboxylic acids is 1. The molecule has 106 valence electrons. The van der Waals surface area contributed by atoms with Crippen LogP contribution in [0.25, 0.3) is 0 Å². The third kappa shape index (κ3) is 4.36. The van der Waals surface area contributed by atoms with E-state index in [-0.39, 0.29) is 12.6 Å². The number of carboxylic acid groups (broad SMARTS) is 1. The van der Waals surface area contributed by atoms with Crippen LogP contribution in [0.3, 0.4) is 0 Å². The molecule has 2 amide bonds. The van der Waals surface area contributed by atoms with Crippen LogP contribution in [0, 0.1) is 0 Å². The molecule has 0 saturated carbocycles. The first-order valence-corrected chi connectivity index (χ1v) is 7.70. The monoisotopic (exact) mass is 310 g/mol. The van der Waals surface area contributed by atoms with Crippen molar-refractivity contribution in [3.05, 3.63) is 44.8 Å². The summed E-state index contributed by atoms with van der Waals surface area (Å²) in [4.78, 5) is 26.3. The summed E-state index contributed by atoms with van der Waals surface area (Å²) in [6.45, 7) is 0.576. The summed E-state index contributed by atoms with van der Waals surface area (Å²) in [5.74, 6) is -1.05. The van der Waals surface area contributed by atoms with Crippen LogP contribution in [0.1, 0.15) is 9.75 Å². The van der Waals surface area contributed by atoms with Gasteiger partial charge >= 0.3 is 12.0 Å². The van der Waals surface area contributed by atoms with E-state index in [9.17, 15) is 9.59 Å². The highest BCUT2D eigenvalue weighted by Gasteiger charge is 2.16. The van der Waals surface area contributed by atoms with Crippen molar-refractivity contribution < 1.29 is 14.7 Å². The number of carbonyl (C=O) groups is 2. The second kappa shape index (κ2) is 7.06.